The van der Waals surface area contributed by atoms with E-state index in [1.807, 2.05) is 61.9 Å². The number of alkyl carbamates (subject to hydrolysis) is 1. The lowest BCUT2D eigenvalue weighted by Gasteiger charge is -2.24. The third kappa shape index (κ3) is 7.64. The first-order valence-electron chi connectivity index (χ1n) is 13.3. The maximum atomic E-state index is 12.4. The number of hydrogen-bond acceptors (Lipinski definition) is 7. The molecule has 9 nitrogen and oxygen atoms in total. The Kier molecular flexibility index (Phi) is 9.35. The molecule has 4 rings (SSSR count). The van der Waals surface area contributed by atoms with Crippen molar-refractivity contribution >= 4 is 34.6 Å². The van der Waals surface area contributed by atoms with Crippen LogP contribution in [0, 0.1) is 0 Å². The monoisotopic (exact) mass is 557 g/mol. The van der Waals surface area contributed by atoms with E-state index in [0.29, 0.717) is 29.7 Å². The van der Waals surface area contributed by atoms with Crippen molar-refractivity contribution < 1.29 is 28.5 Å². The van der Waals surface area contributed by atoms with E-state index in [9.17, 15) is 9.59 Å². The van der Waals surface area contributed by atoms with Crippen LogP contribution in [0.1, 0.15) is 70.0 Å². The molecule has 2 aromatic carbocycles. The van der Waals surface area contributed by atoms with Crippen LogP contribution in [-0.4, -0.2) is 40.7 Å². The molecule has 0 aliphatic carbocycles. The second-order valence-corrected chi connectivity index (χ2v) is 10.8. The van der Waals surface area contributed by atoms with Gasteiger partial charge >= 0.3 is 12.1 Å². The Bertz CT molecular complexity index is 1310. The first kappa shape index (κ1) is 28.7. The molecule has 1 aliphatic rings. The average Bonchev–Trinajstić information content (AvgIpc) is 3.25. The van der Waals surface area contributed by atoms with Crippen LogP contribution in [0.5, 0.6) is 5.75 Å². The van der Waals surface area contributed by atoms with Crippen molar-refractivity contribution in [1.82, 2.24) is 15.1 Å². The van der Waals surface area contributed by atoms with E-state index in [1.165, 1.54) is 0 Å². The summed E-state index contributed by atoms with van der Waals surface area (Å²) in [5, 5.41) is 9.06. The topological polar surface area (TPSA) is 101 Å². The summed E-state index contributed by atoms with van der Waals surface area (Å²) in [4.78, 5) is 24.5. The molecule has 1 saturated heterocycles. The lowest BCUT2D eigenvalue weighted by molar-refractivity contribution is -0.142. The predicted molar refractivity (Wildman–Crippen MR) is 148 cm³/mol. The first-order chi connectivity index (χ1) is 18.6. The highest BCUT2D eigenvalue weighted by molar-refractivity contribution is 6.31. The van der Waals surface area contributed by atoms with E-state index < -0.39 is 11.7 Å². The van der Waals surface area contributed by atoms with Gasteiger partial charge in [-0.05, 0) is 70.7 Å². The quantitative estimate of drug-likeness (QED) is 0.317. The fourth-order valence-electron chi connectivity index (χ4n) is 4.53. The van der Waals surface area contributed by atoms with Crippen LogP contribution in [0.15, 0.2) is 36.4 Å². The highest BCUT2D eigenvalue weighted by atomic mass is 35.5. The summed E-state index contributed by atoms with van der Waals surface area (Å²) < 4.78 is 24.7. The molecule has 0 radical (unpaired) electrons. The largest absolute Gasteiger partial charge is 0.487 e. The van der Waals surface area contributed by atoms with Crippen molar-refractivity contribution in [2.24, 2.45) is 0 Å². The molecule has 1 aliphatic heterocycles. The van der Waals surface area contributed by atoms with Crippen molar-refractivity contribution in [3.63, 3.8) is 0 Å². The Morgan fingerprint density at radius 3 is 2.69 bits per heavy atom. The Hall–Kier alpha value is -3.30. The van der Waals surface area contributed by atoms with Crippen LogP contribution in [0.3, 0.4) is 0 Å². The third-order valence-electron chi connectivity index (χ3n) is 6.15. The van der Waals surface area contributed by atoms with Crippen LogP contribution in [0.2, 0.25) is 5.02 Å². The molecule has 1 aromatic heterocycles. The summed E-state index contributed by atoms with van der Waals surface area (Å²) in [6, 6.07) is 11.0. The number of carbonyl (C=O) groups is 2. The molecule has 3 aromatic rings. The van der Waals surface area contributed by atoms with Crippen molar-refractivity contribution in [3.05, 3.63) is 58.2 Å². The molecular formula is C29H36ClN3O6. The van der Waals surface area contributed by atoms with E-state index in [1.54, 1.807) is 6.92 Å². The van der Waals surface area contributed by atoms with Gasteiger partial charge in [0.05, 0.1) is 18.5 Å². The molecule has 1 fully saturated rings. The minimum atomic E-state index is -0.612. The number of carbonyl (C=O) groups excluding carboxylic acids is 2. The Balaban J connectivity index is 1.65. The van der Waals surface area contributed by atoms with Crippen LogP contribution in [-0.2, 0) is 38.6 Å². The molecule has 39 heavy (non-hydrogen) atoms. The van der Waals surface area contributed by atoms with Gasteiger partial charge in [0.15, 0.2) is 6.23 Å². The van der Waals surface area contributed by atoms with Crippen LogP contribution in [0.4, 0.5) is 4.79 Å². The number of esters is 1. The number of nitrogens with one attached hydrogen (secondary N) is 1. The van der Waals surface area contributed by atoms with Crippen LogP contribution >= 0.6 is 11.6 Å². The van der Waals surface area contributed by atoms with Crippen LogP contribution < -0.4 is 10.1 Å². The number of rotatable bonds is 9. The maximum absolute atomic E-state index is 12.4. The normalized spacial score (nSPS) is 15.7. The molecule has 1 atom stereocenters. The van der Waals surface area contributed by atoms with E-state index >= 15 is 0 Å². The third-order valence-corrected chi connectivity index (χ3v) is 6.37. The highest BCUT2D eigenvalue weighted by Crippen LogP contribution is 2.33. The number of amides is 1. The van der Waals surface area contributed by atoms with E-state index in [0.717, 1.165) is 41.3 Å². The Morgan fingerprint density at radius 2 is 1.97 bits per heavy atom. The predicted octanol–water partition coefficient (Wildman–Crippen LogP) is 6.10. The van der Waals surface area contributed by atoms with Gasteiger partial charge in [0.2, 0.25) is 0 Å². The van der Waals surface area contributed by atoms with Gasteiger partial charge in [-0.25, -0.2) is 9.48 Å². The number of ether oxygens (including phenoxy) is 4. The number of aromatic nitrogens is 2. The molecule has 210 valence electrons. The zero-order valence-electron chi connectivity index (χ0n) is 22.9. The molecule has 1 N–H and O–H groups in total. The van der Waals surface area contributed by atoms with Gasteiger partial charge in [0.1, 0.15) is 23.7 Å². The SMILES string of the molecule is CCOC(=O)Cc1ccccc1OCc1nn(C2CCCCO2)c2c(CNC(=O)OC(C)(C)C)cc(Cl)cc12. The van der Waals surface area contributed by atoms with Gasteiger partial charge in [0, 0.05) is 29.1 Å². The van der Waals surface area contributed by atoms with E-state index in [4.69, 9.17) is 35.6 Å². The molecule has 1 unspecified atom stereocenters. The summed E-state index contributed by atoms with van der Waals surface area (Å²) in [5.74, 6) is 0.266. The maximum Gasteiger partial charge on any atom is 0.407 e. The van der Waals surface area contributed by atoms with Gasteiger partial charge in [-0.1, -0.05) is 29.8 Å². The second kappa shape index (κ2) is 12.7. The van der Waals surface area contributed by atoms with Crippen molar-refractivity contribution in [3.8, 4) is 5.75 Å². The lowest BCUT2D eigenvalue weighted by atomic mass is 10.1. The van der Waals surface area contributed by atoms with Crippen molar-refractivity contribution in [2.75, 3.05) is 13.2 Å². The summed E-state index contributed by atoms with van der Waals surface area (Å²) in [6.45, 7) is 8.55. The van der Waals surface area contributed by atoms with Gasteiger partial charge < -0.3 is 24.3 Å². The first-order valence-corrected chi connectivity index (χ1v) is 13.7. The van der Waals surface area contributed by atoms with E-state index in [-0.39, 0.29) is 31.8 Å². The van der Waals surface area contributed by atoms with Gasteiger partial charge in [0.25, 0.3) is 0 Å². The number of hydrogen-bond donors (Lipinski definition) is 1. The zero-order valence-corrected chi connectivity index (χ0v) is 23.7. The molecule has 1 amide bonds. The number of fused-ring (bicyclic) bond motifs is 1. The number of para-hydroxylation sites is 1. The second-order valence-electron chi connectivity index (χ2n) is 10.4. The number of halogens is 1. The average molecular weight is 558 g/mol. The molecular weight excluding hydrogens is 522 g/mol. The van der Waals surface area contributed by atoms with Gasteiger partial charge in [-0.3, -0.25) is 4.79 Å². The summed E-state index contributed by atoms with van der Waals surface area (Å²) in [6.07, 6.45) is 2.20. The van der Waals surface area contributed by atoms with Gasteiger partial charge in [-0.15, -0.1) is 0 Å². The standard InChI is InChI=1S/C29H36ClN3O6/c1-5-36-26(34)15-19-10-6-7-11-24(19)38-18-23-22-16-21(30)14-20(17-31-28(35)39-29(2,3)4)27(22)33(32-23)25-12-8-9-13-37-25/h6-7,10-11,14,16,25H,5,8-9,12-13,15,17-18H2,1-4H3,(H,31,35). The van der Waals surface area contributed by atoms with Crippen LogP contribution in [0.25, 0.3) is 10.9 Å². The van der Waals surface area contributed by atoms with Crippen molar-refractivity contribution in [2.45, 2.75) is 78.4 Å². The summed E-state index contributed by atoms with van der Waals surface area (Å²) in [7, 11) is 0. The smallest absolute Gasteiger partial charge is 0.407 e. The number of benzene rings is 2. The summed E-state index contributed by atoms with van der Waals surface area (Å²) in [5.41, 5.74) is 2.40. The fraction of sp³-hybridized carbons (Fsp3) is 0.483. The molecule has 10 heteroatoms. The zero-order chi connectivity index (χ0) is 28.0. The fourth-order valence-corrected chi connectivity index (χ4v) is 4.77. The molecule has 0 bridgehead atoms. The summed E-state index contributed by atoms with van der Waals surface area (Å²) >= 11 is 6.54. The highest BCUT2D eigenvalue weighted by Gasteiger charge is 2.25. The molecule has 0 spiro atoms. The Labute approximate surface area is 233 Å². The Morgan fingerprint density at radius 1 is 1.18 bits per heavy atom. The minimum Gasteiger partial charge on any atom is -0.487 e. The number of nitrogens with zero attached hydrogens (tertiary/aromatic N) is 2. The molecule has 2 heterocycles. The van der Waals surface area contributed by atoms with Gasteiger partial charge in [-0.2, -0.15) is 5.10 Å². The molecule has 0 saturated carbocycles. The lowest BCUT2D eigenvalue weighted by Crippen LogP contribution is -2.32. The van der Waals surface area contributed by atoms with Crippen molar-refractivity contribution in [1.29, 1.82) is 0 Å². The van der Waals surface area contributed by atoms with E-state index in [2.05, 4.69) is 5.32 Å². The minimum absolute atomic E-state index is 0.113.